The number of fused-ring (bicyclic) bond motifs is 2. The monoisotopic (exact) mass is 352 g/mol. The smallest absolute Gasteiger partial charge is 0.226 e. The molecule has 0 spiro atoms. The van der Waals surface area contributed by atoms with Gasteiger partial charge in [-0.05, 0) is 36.0 Å². The van der Waals surface area contributed by atoms with Crippen molar-refractivity contribution in [2.45, 2.75) is 85.0 Å². The zero-order chi connectivity index (χ0) is 18.7. The van der Waals surface area contributed by atoms with E-state index < -0.39 is 0 Å². The van der Waals surface area contributed by atoms with Gasteiger partial charge in [-0.1, -0.05) is 65.5 Å². The third-order valence-electron chi connectivity index (χ3n) is 5.23. The molecule has 140 valence electrons. The summed E-state index contributed by atoms with van der Waals surface area (Å²) in [5, 5.41) is 0. The van der Waals surface area contributed by atoms with Crippen molar-refractivity contribution in [3.05, 3.63) is 46.4 Å². The summed E-state index contributed by atoms with van der Waals surface area (Å²) in [6, 6.07) is 6.59. The molecule has 0 unspecified atom stereocenters. The average molecular weight is 353 g/mol. The van der Waals surface area contributed by atoms with Crippen molar-refractivity contribution in [3.63, 3.8) is 0 Å². The van der Waals surface area contributed by atoms with Gasteiger partial charge >= 0.3 is 0 Å². The molecule has 3 rings (SSSR count). The molecule has 3 heteroatoms. The molecule has 1 aromatic carbocycles. The van der Waals surface area contributed by atoms with Gasteiger partial charge in [-0.2, -0.15) is 4.98 Å². The second kappa shape index (κ2) is 7.77. The largest absolute Gasteiger partial charge is 0.438 e. The van der Waals surface area contributed by atoms with Gasteiger partial charge in [0, 0.05) is 24.1 Å². The summed E-state index contributed by atoms with van der Waals surface area (Å²) in [5.74, 6) is 2.64. The van der Waals surface area contributed by atoms with Crippen molar-refractivity contribution >= 4 is 0 Å². The second-order valence-electron chi connectivity index (χ2n) is 8.52. The van der Waals surface area contributed by atoms with Crippen LogP contribution in [0.4, 0.5) is 0 Å². The topological polar surface area (TPSA) is 35.0 Å². The number of benzene rings is 1. The first-order valence-corrected chi connectivity index (χ1v) is 10.1. The lowest BCUT2D eigenvalue weighted by atomic mass is 9.85. The summed E-state index contributed by atoms with van der Waals surface area (Å²) in [6.07, 6.45) is 8.11. The van der Waals surface area contributed by atoms with Crippen LogP contribution in [-0.4, -0.2) is 9.97 Å². The molecule has 2 heterocycles. The first kappa shape index (κ1) is 18.9. The maximum absolute atomic E-state index is 6.23. The molecule has 1 aromatic heterocycles. The highest BCUT2D eigenvalue weighted by Crippen LogP contribution is 2.38. The average Bonchev–Trinajstić information content (AvgIpc) is 2.59. The Balaban J connectivity index is 1.77. The molecule has 0 aliphatic carbocycles. The van der Waals surface area contributed by atoms with Gasteiger partial charge in [-0.25, -0.2) is 4.98 Å². The first-order valence-electron chi connectivity index (χ1n) is 10.1. The third kappa shape index (κ3) is 4.25. The van der Waals surface area contributed by atoms with Crippen molar-refractivity contribution in [1.29, 1.82) is 0 Å². The summed E-state index contributed by atoms with van der Waals surface area (Å²) in [4.78, 5) is 9.49. The van der Waals surface area contributed by atoms with E-state index in [0.717, 1.165) is 48.0 Å². The van der Waals surface area contributed by atoms with Gasteiger partial charge < -0.3 is 4.74 Å². The van der Waals surface area contributed by atoms with Crippen LogP contribution in [-0.2, 0) is 18.3 Å². The molecule has 1 aliphatic rings. The Labute approximate surface area is 158 Å². The molecule has 0 fully saturated rings. The highest BCUT2D eigenvalue weighted by molar-refractivity contribution is 5.50. The van der Waals surface area contributed by atoms with Crippen LogP contribution in [0.5, 0.6) is 11.6 Å². The summed E-state index contributed by atoms with van der Waals surface area (Å²) in [7, 11) is 0. The Morgan fingerprint density at radius 2 is 1.81 bits per heavy atom. The molecule has 0 bridgehead atoms. The SMILES string of the molecule is CCCCCCCc1nc(C)c2c(n1)Oc1cc(C(C)(C)C)ccc1C2. The molecule has 1 aliphatic heterocycles. The molecule has 26 heavy (non-hydrogen) atoms. The van der Waals surface area contributed by atoms with Gasteiger partial charge in [-0.3, -0.25) is 0 Å². The summed E-state index contributed by atoms with van der Waals surface area (Å²) in [6.45, 7) is 11.0. The van der Waals surface area contributed by atoms with Crippen LogP contribution in [0.3, 0.4) is 0 Å². The maximum atomic E-state index is 6.23. The van der Waals surface area contributed by atoms with E-state index in [4.69, 9.17) is 14.7 Å². The minimum atomic E-state index is 0.115. The van der Waals surface area contributed by atoms with Gasteiger partial charge in [0.1, 0.15) is 11.6 Å². The predicted octanol–water partition coefficient (Wildman–Crippen LogP) is 6.29. The van der Waals surface area contributed by atoms with Gasteiger partial charge in [0.25, 0.3) is 0 Å². The molecule has 2 aromatic rings. The Kier molecular flexibility index (Phi) is 5.64. The fourth-order valence-electron chi connectivity index (χ4n) is 3.47. The maximum Gasteiger partial charge on any atom is 0.226 e. The summed E-state index contributed by atoms with van der Waals surface area (Å²) < 4.78 is 6.23. The zero-order valence-corrected chi connectivity index (χ0v) is 17.0. The van der Waals surface area contributed by atoms with E-state index in [1.54, 1.807) is 0 Å². The lowest BCUT2D eigenvalue weighted by Crippen LogP contribution is -2.14. The fraction of sp³-hybridized carbons (Fsp3) is 0.565. The number of ether oxygens (including phenoxy) is 1. The van der Waals surface area contributed by atoms with Crippen LogP contribution in [0.15, 0.2) is 18.2 Å². The number of hydrogen-bond acceptors (Lipinski definition) is 3. The number of hydrogen-bond donors (Lipinski definition) is 0. The minimum absolute atomic E-state index is 0.115. The second-order valence-corrected chi connectivity index (χ2v) is 8.52. The van der Waals surface area contributed by atoms with E-state index in [1.165, 1.54) is 36.8 Å². The molecule has 3 nitrogen and oxygen atoms in total. The minimum Gasteiger partial charge on any atom is -0.438 e. The van der Waals surface area contributed by atoms with Crippen LogP contribution < -0.4 is 4.74 Å². The lowest BCUT2D eigenvalue weighted by molar-refractivity contribution is 0.431. The van der Waals surface area contributed by atoms with Crippen molar-refractivity contribution in [2.75, 3.05) is 0 Å². The highest BCUT2D eigenvalue weighted by Gasteiger charge is 2.24. The number of aryl methyl sites for hydroxylation is 2. The zero-order valence-electron chi connectivity index (χ0n) is 17.0. The predicted molar refractivity (Wildman–Crippen MR) is 107 cm³/mol. The van der Waals surface area contributed by atoms with E-state index in [-0.39, 0.29) is 5.41 Å². The van der Waals surface area contributed by atoms with Gasteiger partial charge in [0.15, 0.2) is 0 Å². The number of unbranched alkanes of at least 4 members (excludes halogenated alkanes) is 4. The Morgan fingerprint density at radius 3 is 2.54 bits per heavy atom. The van der Waals surface area contributed by atoms with E-state index >= 15 is 0 Å². The van der Waals surface area contributed by atoms with Crippen LogP contribution in [0.1, 0.15) is 88.0 Å². The molecular weight excluding hydrogens is 320 g/mol. The Bertz CT molecular complexity index is 775. The van der Waals surface area contributed by atoms with Crippen LogP contribution in [0.25, 0.3) is 0 Å². The third-order valence-corrected chi connectivity index (χ3v) is 5.23. The van der Waals surface area contributed by atoms with Crippen LogP contribution >= 0.6 is 0 Å². The van der Waals surface area contributed by atoms with Crippen LogP contribution in [0, 0.1) is 6.92 Å². The molecule has 0 N–H and O–H groups in total. The Morgan fingerprint density at radius 1 is 1.04 bits per heavy atom. The number of nitrogens with zero attached hydrogens (tertiary/aromatic N) is 2. The van der Waals surface area contributed by atoms with Crippen LogP contribution in [0.2, 0.25) is 0 Å². The molecular formula is C23H32N2O. The Hall–Kier alpha value is -1.90. The van der Waals surface area contributed by atoms with Crippen molar-refractivity contribution in [2.24, 2.45) is 0 Å². The van der Waals surface area contributed by atoms with E-state index in [9.17, 15) is 0 Å². The van der Waals surface area contributed by atoms with E-state index in [2.05, 4.69) is 52.8 Å². The van der Waals surface area contributed by atoms with Gasteiger partial charge in [0.05, 0.1) is 0 Å². The quantitative estimate of drug-likeness (QED) is 0.489. The standard InChI is InChI=1S/C23H32N2O/c1-6-7-8-9-10-11-21-24-16(2)19-14-17-12-13-18(23(3,4)5)15-20(17)26-22(19)25-21/h12-13,15H,6-11,14H2,1-5H3. The molecule has 0 saturated heterocycles. The summed E-state index contributed by atoms with van der Waals surface area (Å²) in [5.41, 5.74) is 4.83. The highest BCUT2D eigenvalue weighted by atomic mass is 16.5. The number of aromatic nitrogens is 2. The molecule has 0 radical (unpaired) electrons. The number of rotatable bonds is 6. The van der Waals surface area contributed by atoms with Gasteiger partial charge in [-0.15, -0.1) is 0 Å². The van der Waals surface area contributed by atoms with Crippen molar-refractivity contribution in [1.82, 2.24) is 9.97 Å². The molecule has 0 saturated carbocycles. The first-order chi connectivity index (χ1) is 12.4. The van der Waals surface area contributed by atoms with E-state index in [0.29, 0.717) is 0 Å². The normalized spacial score (nSPS) is 13.1. The molecule has 0 amide bonds. The van der Waals surface area contributed by atoms with Crippen molar-refractivity contribution in [3.8, 4) is 11.6 Å². The van der Waals surface area contributed by atoms with E-state index in [1.807, 2.05) is 0 Å². The van der Waals surface area contributed by atoms with Gasteiger partial charge in [0.2, 0.25) is 5.88 Å². The lowest BCUT2D eigenvalue weighted by Gasteiger charge is -2.25. The summed E-state index contributed by atoms with van der Waals surface area (Å²) >= 11 is 0. The fourth-order valence-corrected chi connectivity index (χ4v) is 3.47. The molecule has 0 atom stereocenters. The van der Waals surface area contributed by atoms with Crippen molar-refractivity contribution < 1.29 is 4.74 Å².